The van der Waals surface area contributed by atoms with Crippen molar-refractivity contribution in [1.82, 2.24) is 0 Å². The van der Waals surface area contributed by atoms with Gasteiger partial charge in [-0.15, -0.1) is 0 Å². The van der Waals surface area contributed by atoms with Gasteiger partial charge in [0, 0.05) is 11.8 Å². The minimum absolute atomic E-state index is 0.297. The predicted molar refractivity (Wildman–Crippen MR) is 50.9 cm³/mol. The van der Waals surface area contributed by atoms with Gasteiger partial charge >= 0.3 is 0 Å². The van der Waals surface area contributed by atoms with Crippen LogP contribution in [0.5, 0.6) is 0 Å². The van der Waals surface area contributed by atoms with E-state index in [4.69, 9.17) is 0 Å². The summed E-state index contributed by atoms with van der Waals surface area (Å²) in [7, 11) is 0. The zero-order valence-corrected chi connectivity index (χ0v) is 8.63. The van der Waals surface area contributed by atoms with Crippen LogP contribution in [0.15, 0.2) is 0 Å². The zero-order valence-electron chi connectivity index (χ0n) is 8.63. The van der Waals surface area contributed by atoms with Gasteiger partial charge in [0.25, 0.3) is 0 Å². The van der Waals surface area contributed by atoms with Crippen LogP contribution >= 0.6 is 0 Å². The first-order valence-electron chi connectivity index (χ1n) is 5.07. The molecule has 3 atom stereocenters. The number of carbonyl (C=O) groups is 1. The first-order chi connectivity index (χ1) is 5.54. The van der Waals surface area contributed by atoms with E-state index in [1.54, 1.807) is 0 Å². The Labute approximate surface area is 75.5 Å². The fourth-order valence-electron chi connectivity index (χ4n) is 2.11. The van der Waals surface area contributed by atoms with Crippen LogP contribution in [0.3, 0.4) is 0 Å². The minimum atomic E-state index is 0.297. The molecule has 0 bridgehead atoms. The summed E-state index contributed by atoms with van der Waals surface area (Å²) in [6.07, 6.45) is 2.34. The number of hydrogen-bond donors (Lipinski definition) is 0. The largest absolute Gasteiger partial charge is 0.299 e. The molecular weight excluding hydrogens is 148 g/mol. The number of rotatable bonds is 1. The second-order valence-electron chi connectivity index (χ2n) is 4.60. The van der Waals surface area contributed by atoms with Crippen molar-refractivity contribution >= 4 is 5.78 Å². The summed E-state index contributed by atoms with van der Waals surface area (Å²) in [5.74, 6) is 2.28. The Morgan fingerprint density at radius 3 is 2.33 bits per heavy atom. The van der Waals surface area contributed by atoms with Gasteiger partial charge in [-0.2, -0.15) is 0 Å². The Kier molecular flexibility index (Phi) is 2.92. The standard InChI is InChI=1S/C11H20O/c1-7(2)10-6-5-8(3)9(4)11(10)12/h7-10H,5-6H2,1-4H3/t8-,9+,10-/m0/s1. The molecule has 1 aliphatic rings. The van der Waals surface area contributed by atoms with E-state index in [0.717, 1.165) is 6.42 Å². The monoisotopic (exact) mass is 168 g/mol. The number of carbonyl (C=O) groups excluding carboxylic acids is 1. The highest BCUT2D eigenvalue weighted by Crippen LogP contribution is 2.33. The molecule has 0 heterocycles. The minimum Gasteiger partial charge on any atom is -0.299 e. The first kappa shape index (κ1) is 9.76. The molecule has 0 aromatic carbocycles. The average Bonchev–Trinajstić information content (AvgIpc) is 2.00. The second kappa shape index (κ2) is 3.59. The van der Waals surface area contributed by atoms with Crippen LogP contribution in [0, 0.1) is 23.7 Å². The molecule has 0 radical (unpaired) electrons. The fourth-order valence-corrected chi connectivity index (χ4v) is 2.11. The van der Waals surface area contributed by atoms with Crippen molar-refractivity contribution in [3.63, 3.8) is 0 Å². The molecule has 12 heavy (non-hydrogen) atoms. The Morgan fingerprint density at radius 1 is 1.25 bits per heavy atom. The molecule has 0 aromatic rings. The van der Waals surface area contributed by atoms with Gasteiger partial charge in [0.05, 0.1) is 0 Å². The van der Waals surface area contributed by atoms with E-state index in [9.17, 15) is 4.79 Å². The van der Waals surface area contributed by atoms with E-state index in [1.165, 1.54) is 6.42 Å². The molecule has 1 aliphatic carbocycles. The molecule has 0 N–H and O–H groups in total. The molecule has 0 spiro atoms. The first-order valence-corrected chi connectivity index (χ1v) is 5.07. The lowest BCUT2D eigenvalue weighted by Crippen LogP contribution is -2.34. The van der Waals surface area contributed by atoms with E-state index in [2.05, 4.69) is 27.7 Å². The maximum atomic E-state index is 11.8. The number of hydrogen-bond acceptors (Lipinski definition) is 1. The van der Waals surface area contributed by atoms with Gasteiger partial charge in [-0.25, -0.2) is 0 Å². The second-order valence-corrected chi connectivity index (χ2v) is 4.60. The van der Waals surface area contributed by atoms with Crippen LogP contribution in [-0.4, -0.2) is 5.78 Å². The molecule has 0 saturated heterocycles. The van der Waals surface area contributed by atoms with Crippen LogP contribution in [-0.2, 0) is 4.79 Å². The molecule has 1 fully saturated rings. The summed E-state index contributed by atoms with van der Waals surface area (Å²) >= 11 is 0. The molecule has 70 valence electrons. The Balaban J connectivity index is 2.65. The van der Waals surface area contributed by atoms with Crippen LogP contribution in [0.4, 0.5) is 0 Å². The van der Waals surface area contributed by atoms with Crippen molar-refractivity contribution in [3.8, 4) is 0 Å². The quantitative estimate of drug-likeness (QED) is 0.588. The highest BCUT2D eigenvalue weighted by Gasteiger charge is 2.34. The topological polar surface area (TPSA) is 17.1 Å². The lowest BCUT2D eigenvalue weighted by atomic mass is 9.71. The molecule has 0 amide bonds. The summed E-state index contributed by atoms with van der Waals surface area (Å²) in [5.41, 5.74) is 0. The Bertz CT molecular complexity index is 172. The van der Waals surface area contributed by atoms with Crippen LogP contribution in [0.2, 0.25) is 0 Å². The van der Waals surface area contributed by atoms with Crippen molar-refractivity contribution in [2.75, 3.05) is 0 Å². The summed E-state index contributed by atoms with van der Waals surface area (Å²) < 4.78 is 0. The molecule has 0 aliphatic heterocycles. The van der Waals surface area contributed by atoms with Crippen molar-refractivity contribution in [1.29, 1.82) is 0 Å². The maximum Gasteiger partial charge on any atom is 0.139 e. The van der Waals surface area contributed by atoms with Gasteiger partial charge < -0.3 is 0 Å². The smallest absolute Gasteiger partial charge is 0.139 e. The lowest BCUT2D eigenvalue weighted by Gasteiger charge is -2.32. The summed E-state index contributed by atoms with van der Waals surface area (Å²) in [6.45, 7) is 8.59. The molecule has 1 heteroatoms. The van der Waals surface area contributed by atoms with Crippen LogP contribution in [0.1, 0.15) is 40.5 Å². The highest BCUT2D eigenvalue weighted by molar-refractivity contribution is 5.84. The lowest BCUT2D eigenvalue weighted by molar-refractivity contribution is -0.132. The summed E-state index contributed by atoms with van der Waals surface area (Å²) in [4.78, 5) is 11.8. The molecule has 0 aromatic heterocycles. The number of ketones is 1. The van der Waals surface area contributed by atoms with Gasteiger partial charge in [0.2, 0.25) is 0 Å². The van der Waals surface area contributed by atoms with E-state index in [0.29, 0.717) is 29.5 Å². The molecular formula is C11H20O. The van der Waals surface area contributed by atoms with Gasteiger partial charge in [-0.3, -0.25) is 4.79 Å². The van der Waals surface area contributed by atoms with Gasteiger partial charge in [-0.05, 0) is 24.7 Å². The molecule has 1 saturated carbocycles. The third kappa shape index (κ3) is 1.70. The van der Waals surface area contributed by atoms with Gasteiger partial charge in [-0.1, -0.05) is 27.7 Å². The van der Waals surface area contributed by atoms with Crippen molar-refractivity contribution in [2.45, 2.75) is 40.5 Å². The Hall–Kier alpha value is -0.330. The van der Waals surface area contributed by atoms with Crippen molar-refractivity contribution in [3.05, 3.63) is 0 Å². The molecule has 1 rings (SSSR count). The molecule has 0 unspecified atom stereocenters. The summed E-state index contributed by atoms with van der Waals surface area (Å²) in [6, 6.07) is 0. The van der Waals surface area contributed by atoms with E-state index in [-0.39, 0.29) is 0 Å². The predicted octanol–water partition coefficient (Wildman–Crippen LogP) is 2.89. The maximum absolute atomic E-state index is 11.8. The van der Waals surface area contributed by atoms with E-state index >= 15 is 0 Å². The van der Waals surface area contributed by atoms with Crippen LogP contribution < -0.4 is 0 Å². The zero-order chi connectivity index (χ0) is 9.30. The third-order valence-electron chi connectivity index (χ3n) is 3.41. The van der Waals surface area contributed by atoms with Gasteiger partial charge in [0.1, 0.15) is 5.78 Å². The number of Topliss-reactive ketones (excluding diaryl/α,β-unsaturated/α-hetero) is 1. The summed E-state index contributed by atoms with van der Waals surface area (Å²) in [5, 5.41) is 0. The third-order valence-corrected chi connectivity index (χ3v) is 3.41. The van der Waals surface area contributed by atoms with Crippen LogP contribution in [0.25, 0.3) is 0 Å². The molecule has 1 nitrogen and oxygen atoms in total. The van der Waals surface area contributed by atoms with E-state index in [1.807, 2.05) is 0 Å². The SMILES string of the molecule is CC(C)[C@@H]1CC[C@H](C)[C@@H](C)C1=O. The highest BCUT2D eigenvalue weighted by atomic mass is 16.1. The van der Waals surface area contributed by atoms with Crippen molar-refractivity contribution < 1.29 is 4.79 Å². The Morgan fingerprint density at radius 2 is 1.83 bits per heavy atom. The fraction of sp³-hybridized carbons (Fsp3) is 0.909. The van der Waals surface area contributed by atoms with E-state index < -0.39 is 0 Å². The van der Waals surface area contributed by atoms with Gasteiger partial charge in [0.15, 0.2) is 0 Å². The van der Waals surface area contributed by atoms with Crippen molar-refractivity contribution in [2.24, 2.45) is 23.7 Å². The average molecular weight is 168 g/mol. The normalized spacial score (nSPS) is 37.4.